The van der Waals surface area contributed by atoms with Crippen LogP contribution in [0.25, 0.3) is 0 Å². The van der Waals surface area contributed by atoms with Crippen LogP contribution in [0.2, 0.25) is 0 Å². The Morgan fingerprint density at radius 3 is 2.42 bits per heavy atom. The van der Waals surface area contributed by atoms with E-state index in [1.807, 2.05) is 63.2 Å². The highest BCUT2D eigenvalue weighted by Crippen LogP contribution is 2.46. The van der Waals surface area contributed by atoms with E-state index in [0.717, 1.165) is 45.8 Å². The number of rotatable bonds is 3. The lowest BCUT2D eigenvalue weighted by Gasteiger charge is -2.39. The normalized spacial score (nSPS) is 20.3. The van der Waals surface area contributed by atoms with Gasteiger partial charge in [-0.1, -0.05) is 61.9 Å². The van der Waals surface area contributed by atoms with Gasteiger partial charge in [-0.3, -0.25) is 9.59 Å². The number of hydrogen-bond donors (Lipinski definition) is 2. The van der Waals surface area contributed by atoms with Gasteiger partial charge in [0, 0.05) is 40.6 Å². The minimum Gasteiger partial charge on any atom is -0.362 e. The van der Waals surface area contributed by atoms with Crippen molar-refractivity contribution in [3.63, 3.8) is 0 Å². The van der Waals surface area contributed by atoms with Crippen molar-refractivity contribution >= 4 is 17.4 Å². The summed E-state index contributed by atoms with van der Waals surface area (Å²) in [5, 5.41) is 6.52. The zero-order chi connectivity index (χ0) is 22.3. The van der Waals surface area contributed by atoms with Crippen LogP contribution in [0.4, 0.5) is 5.69 Å². The van der Waals surface area contributed by atoms with Crippen molar-refractivity contribution in [3.05, 3.63) is 87.8 Å². The minimum atomic E-state index is -0.369. The molecular formula is C27H30N2O2. The highest BCUT2D eigenvalue weighted by atomic mass is 16.2. The summed E-state index contributed by atoms with van der Waals surface area (Å²) < 4.78 is 0. The predicted molar refractivity (Wildman–Crippen MR) is 125 cm³/mol. The van der Waals surface area contributed by atoms with Crippen molar-refractivity contribution in [1.29, 1.82) is 0 Å². The number of hydrogen-bond acceptors (Lipinski definition) is 3. The van der Waals surface area contributed by atoms with Gasteiger partial charge in [-0.15, -0.1) is 0 Å². The Labute approximate surface area is 184 Å². The fourth-order valence-electron chi connectivity index (χ4n) is 4.86. The lowest BCUT2D eigenvalue weighted by molar-refractivity contribution is -0.118. The van der Waals surface area contributed by atoms with Crippen LogP contribution in [0.5, 0.6) is 0 Å². The molecule has 0 saturated heterocycles. The number of allylic oxidation sites excluding steroid dienone is 3. The van der Waals surface area contributed by atoms with E-state index in [-0.39, 0.29) is 23.0 Å². The Kier molecular flexibility index (Phi) is 5.34. The monoisotopic (exact) mass is 414 g/mol. The van der Waals surface area contributed by atoms with Gasteiger partial charge in [0.1, 0.15) is 0 Å². The molecule has 2 aromatic rings. The van der Waals surface area contributed by atoms with Gasteiger partial charge >= 0.3 is 0 Å². The first-order chi connectivity index (χ1) is 14.7. The molecular weight excluding hydrogens is 384 g/mol. The molecule has 160 valence electrons. The third kappa shape index (κ3) is 4.07. The second-order valence-corrected chi connectivity index (χ2v) is 9.61. The molecule has 1 amide bonds. The number of nitrogens with one attached hydrogen (secondary N) is 2. The van der Waals surface area contributed by atoms with E-state index < -0.39 is 0 Å². The van der Waals surface area contributed by atoms with Crippen LogP contribution in [0.3, 0.4) is 0 Å². The second-order valence-electron chi connectivity index (χ2n) is 9.61. The molecule has 4 rings (SSSR count). The van der Waals surface area contributed by atoms with Gasteiger partial charge in [-0.2, -0.15) is 0 Å². The standard InChI is InChI=1S/C27H30N2O2/c1-16-11-12-20(17(2)13-16)29-26(31)23-18(3)28-21-14-27(4,5)15-22(30)25(21)24(23)19-9-7-6-8-10-19/h6-13,24,28H,14-15H2,1-5H3,(H,29,31)/t24-/m1/s1. The average molecular weight is 415 g/mol. The average Bonchev–Trinajstić information content (AvgIpc) is 2.68. The maximum Gasteiger partial charge on any atom is 0.254 e. The van der Waals surface area contributed by atoms with Gasteiger partial charge in [-0.05, 0) is 49.8 Å². The lowest BCUT2D eigenvalue weighted by Crippen LogP contribution is -2.39. The second kappa shape index (κ2) is 7.84. The summed E-state index contributed by atoms with van der Waals surface area (Å²) in [6.07, 6.45) is 1.28. The summed E-state index contributed by atoms with van der Waals surface area (Å²) in [6, 6.07) is 15.9. The van der Waals surface area contributed by atoms with Crippen molar-refractivity contribution < 1.29 is 9.59 Å². The molecule has 2 aliphatic rings. The number of Topliss-reactive ketones (excluding diaryl/α,β-unsaturated/α-hetero) is 1. The van der Waals surface area contributed by atoms with Crippen molar-refractivity contribution in [2.45, 2.75) is 53.4 Å². The van der Waals surface area contributed by atoms with Gasteiger partial charge in [-0.25, -0.2) is 0 Å². The Morgan fingerprint density at radius 2 is 1.74 bits per heavy atom. The maximum absolute atomic E-state index is 13.6. The molecule has 4 heteroatoms. The summed E-state index contributed by atoms with van der Waals surface area (Å²) in [4.78, 5) is 26.9. The lowest BCUT2D eigenvalue weighted by atomic mass is 9.68. The van der Waals surface area contributed by atoms with E-state index in [1.54, 1.807) is 0 Å². The van der Waals surface area contributed by atoms with Crippen LogP contribution < -0.4 is 10.6 Å². The SMILES string of the molecule is CC1=C(C(=O)Nc2ccc(C)cc2C)[C@@H](c2ccccc2)C2=C(CC(C)(C)CC2=O)N1. The summed E-state index contributed by atoms with van der Waals surface area (Å²) in [5.74, 6) is -0.418. The molecule has 1 atom stereocenters. The summed E-state index contributed by atoms with van der Waals surface area (Å²) in [7, 11) is 0. The fraction of sp³-hybridized carbons (Fsp3) is 0.333. The highest BCUT2D eigenvalue weighted by molar-refractivity contribution is 6.10. The van der Waals surface area contributed by atoms with Crippen LogP contribution in [0, 0.1) is 19.3 Å². The third-order valence-corrected chi connectivity index (χ3v) is 6.25. The van der Waals surface area contributed by atoms with Crippen LogP contribution in [0.1, 0.15) is 56.2 Å². The van der Waals surface area contributed by atoms with Gasteiger partial charge in [0.05, 0.1) is 0 Å². The molecule has 0 fully saturated rings. The zero-order valence-electron chi connectivity index (χ0n) is 18.9. The molecule has 31 heavy (non-hydrogen) atoms. The highest BCUT2D eigenvalue weighted by Gasteiger charge is 2.42. The van der Waals surface area contributed by atoms with Crippen LogP contribution >= 0.6 is 0 Å². The number of benzene rings is 2. The smallest absolute Gasteiger partial charge is 0.254 e. The first-order valence-electron chi connectivity index (χ1n) is 10.8. The summed E-state index contributed by atoms with van der Waals surface area (Å²) >= 11 is 0. The van der Waals surface area contributed by atoms with Crippen LogP contribution in [0.15, 0.2) is 71.1 Å². The van der Waals surface area contributed by atoms with Gasteiger partial charge in [0.25, 0.3) is 5.91 Å². The Bertz CT molecular complexity index is 1120. The number of ketones is 1. The van der Waals surface area contributed by atoms with E-state index in [2.05, 4.69) is 30.5 Å². The van der Waals surface area contributed by atoms with Gasteiger partial charge < -0.3 is 10.6 Å². The zero-order valence-corrected chi connectivity index (χ0v) is 18.9. The molecule has 0 spiro atoms. The third-order valence-electron chi connectivity index (χ3n) is 6.25. The Hall–Kier alpha value is -3.14. The number of dihydropyridines is 1. The van der Waals surface area contributed by atoms with E-state index in [4.69, 9.17) is 0 Å². The van der Waals surface area contributed by atoms with E-state index in [0.29, 0.717) is 12.0 Å². The Balaban J connectivity index is 1.79. The first-order valence-corrected chi connectivity index (χ1v) is 10.8. The number of aryl methyl sites for hydroxylation is 2. The number of amides is 1. The van der Waals surface area contributed by atoms with Crippen molar-refractivity contribution in [2.24, 2.45) is 5.41 Å². The molecule has 0 aromatic heterocycles. The largest absolute Gasteiger partial charge is 0.362 e. The van der Waals surface area contributed by atoms with Crippen LogP contribution in [-0.2, 0) is 9.59 Å². The van der Waals surface area contributed by atoms with Crippen molar-refractivity contribution in [3.8, 4) is 0 Å². The molecule has 1 aliphatic carbocycles. The molecule has 1 aliphatic heterocycles. The predicted octanol–water partition coefficient (Wildman–Crippen LogP) is 5.55. The van der Waals surface area contributed by atoms with E-state index >= 15 is 0 Å². The number of carbonyl (C=O) groups excluding carboxylic acids is 2. The number of anilines is 1. The summed E-state index contributed by atoms with van der Waals surface area (Å²) in [6.45, 7) is 10.2. The molecule has 4 nitrogen and oxygen atoms in total. The van der Waals surface area contributed by atoms with E-state index in [9.17, 15) is 9.59 Å². The number of carbonyl (C=O) groups is 2. The van der Waals surface area contributed by atoms with Crippen LogP contribution in [-0.4, -0.2) is 11.7 Å². The quantitative estimate of drug-likeness (QED) is 0.693. The Morgan fingerprint density at radius 1 is 1.03 bits per heavy atom. The van der Waals surface area contributed by atoms with Gasteiger partial charge in [0.15, 0.2) is 5.78 Å². The molecule has 2 N–H and O–H groups in total. The maximum atomic E-state index is 13.6. The first kappa shape index (κ1) is 21.1. The molecule has 0 unspecified atom stereocenters. The van der Waals surface area contributed by atoms with Crippen molar-refractivity contribution in [2.75, 3.05) is 5.32 Å². The van der Waals surface area contributed by atoms with Gasteiger partial charge in [0.2, 0.25) is 0 Å². The molecule has 0 bridgehead atoms. The van der Waals surface area contributed by atoms with Crippen molar-refractivity contribution in [1.82, 2.24) is 5.32 Å². The minimum absolute atomic E-state index is 0.0940. The fourth-order valence-corrected chi connectivity index (χ4v) is 4.86. The molecule has 2 aromatic carbocycles. The topological polar surface area (TPSA) is 58.2 Å². The molecule has 0 radical (unpaired) electrons. The molecule has 1 heterocycles. The molecule has 0 saturated carbocycles. The van der Waals surface area contributed by atoms with E-state index in [1.165, 1.54) is 0 Å². The summed E-state index contributed by atoms with van der Waals surface area (Å²) in [5.41, 5.74) is 6.94.